The quantitative estimate of drug-likeness (QED) is 0.806. The molecule has 0 aliphatic carbocycles. The molecule has 0 bridgehead atoms. The summed E-state index contributed by atoms with van der Waals surface area (Å²) < 4.78 is 5.90. The first-order valence-corrected chi connectivity index (χ1v) is 5.66. The number of aliphatic hydroxyl groups excluding tert-OH is 1. The lowest BCUT2D eigenvalue weighted by molar-refractivity contribution is 0.0375. The molecule has 2 heteroatoms. The van der Waals surface area contributed by atoms with Crippen LogP contribution in [0.1, 0.15) is 38.4 Å². The topological polar surface area (TPSA) is 29.5 Å². The molecular weight excluding hydrogens is 188 g/mol. The number of hydrogen-bond donors (Lipinski definition) is 1. The Morgan fingerprint density at radius 2 is 2.20 bits per heavy atom. The van der Waals surface area contributed by atoms with Gasteiger partial charge in [-0.1, -0.05) is 38.5 Å². The van der Waals surface area contributed by atoms with Crippen LogP contribution in [-0.4, -0.2) is 11.2 Å². The second-order valence-electron chi connectivity index (χ2n) is 4.33. The predicted octanol–water partition coefficient (Wildman–Crippen LogP) is 2.92. The van der Waals surface area contributed by atoms with Crippen molar-refractivity contribution in [2.24, 2.45) is 5.92 Å². The molecule has 1 aromatic rings. The zero-order valence-corrected chi connectivity index (χ0v) is 9.31. The van der Waals surface area contributed by atoms with Crippen LogP contribution >= 0.6 is 0 Å². The molecule has 3 atom stereocenters. The Kier molecular flexibility index (Phi) is 2.96. The number of fused-ring (bicyclic) bond motifs is 1. The van der Waals surface area contributed by atoms with Gasteiger partial charge in [-0.2, -0.15) is 0 Å². The first kappa shape index (κ1) is 10.5. The molecular formula is C13H18O2. The Morgan fingerprint density at radius 3 is 2.93 bits per heavy atom. The van der Waals surface area contributed by atoms with Crippen LogP contribution in [0, 0.1) is 5.92 Å². The molecule has 2 rings (SSSR count). The SMILES string of the molecule is CCC(C)C1C[C@H](O)c2ccccc2O1. The van der Waals surface area contributed by atoms with Crippen LogP contribution < -0.4 is 4.74 Å². The van der Waals surface area contributed by atoms with E-state index in [0.717, 1.165) is 17.7 Å². The van der Waals surface area contributed by atoms with Gasteiger partial charge in [0.2, 0.25) is 0 Å². The van der Waals surface area contributed by atoms with Gasteiger partial charge < -0.3 is 9.84 Å². The van der Waals surface area contributed by atoms with E-state index in [1.165, 1.54) is 0 Å². The second kappa shape index (κ2) is 4.23. The van der Waals surface area contributed by atoms with E-state index in [0.29, 0.717) is 12.3 Å². The summed E-state index contributed by atoms with van der Waals surface area (Å²) >= 11 is 0. The Bertz CT molecular complexity index is 335. The smallest absolute Gasteiger partial charge is 0.125 e. The average Bonchev–Trinajstić information content (AvgIpc) is 2.28. The van der Waals surface area contributed by atoms with Gasteiger partial charge in [0.1, 0.15) is 11.9 Å². The van der Waals surface area contributed by atoms with Crippen LogP contribution in [0.25, 0.3) is 0 Å². The normalized spacial score (nSPS) is 26.6. The highest BCUT2D eigenvalue weighted by atomic mass is 16.5. The first-order valence-electron chi connectivity index (χ1n) is 5.66. The minimum absolute atomic E-state index is 0.153. The first-order chi connectivity index (χ1) is 7.22. The molecule has 2 unspecified atom stereocenters. The maximum absolute atomic E-state index is 10.00. The van der Waals surface area contributed by atoms with Gasteiger partial charge in [-0.25, -0.2) is 0 Å². The van der Waals surface area contributed by atoms with Crippen molar-refractivity contribution in [1.29, 1.82) is 0 Å². The van der Waals surface area contributed by atoms with E-state index in [1.54, 1.807) is 0 Å². The number of para-hydroxylation sites is 1. The highest BCUT2D eigenvalue weighted by Gasteiger charge is 2.29. The molecule has 0 saturated heterocycles. The van der Waals surface area contributed by atoms with Crippen LogP contribution in [0.5, 0.6) is 5.75 Å². The molecule has 0 fully saturated rings. The summed E-state index contributed by atoms with van der Waals surface area (Å²) in [6, 6.07) is 7.76. The van der Waals surface area contributed by atoms with Crippen molar-refractivity contribution in [3.05, 3.63) is 29.8 Å². The third-order valence-corrected chi connectivity index (χ3v) is 3.29. The Hall–Kier alpha value is -1.02. The van der Waals surface area contributed by atoms with Gasteiger partial charge in [0, 0.05) is 12.0 Å². The standard InChI is InChI=1S/C13H18O2/c1-3-9(2)13-8-11(14)10-6-4-5-7-12(10)15-13/h4-7,9,11,13-14H,3,8H2,1-2H3/t9?,11-,13?/m0/s1. The summed E-state index contributed by atoms with van der Waals surface area (Å²) in [5.74, 6) is 1.34. The molecule has 0 saturated carbocycles. The fourth-order valence-electron chi connectivity index (χ4n) is 2.03. The molecule has 1 N–H and O–H groups in total. The lowest BCUT2D eigenvalue weighted by Crippen LogP contribution is -2.31. The van der Waals surface area contributed by atoms with Crippen LogP contribution in [-0.2, 0) is 0 Å². The zero-order chi connectivity index (χ0) is 10.8. The maximum atomic E-state index is 10.00. The molecule has 1 aliphatic heterocycles. The molecule has 0 aromatic heterocycles. The van der Waals surface area contributed by atoms with E-state index in [-0.39, 0.29) is 12.2 Å². The molecule has 2 nitrogen and oxygen atoms in total. The van der Waals surface area contributed by atoms with E-state index in [1.807, 2.05) is 24.3 Å². The van der Waals surface area contributed by atoms with Gasteiger partial charge in [0.25, 0.3) is 0 Å². The van der Waals surface area contributed by atoms with E-state index in [4.69, 9.17) is 4.74 Å². The highest BCUT2D eigenvalue weighted by molar-refractivity contribution is 5.36. The minimum atomic E-state index is -0.367. The number of hydrogen-bond acceptors (Lipinski definition) is 2. The lowest BCUT2D eigenvalue weighted by Gasteiger charge is -2.32. The Balaban J connectivity index is 2.22. The highest BCUT2D eigenvalue weighted by Crippen LogP contribution is 2.36. The summed E-state index contributed by atoms with van der Waals surface area (Å²) in [7, 11) is 0. The van der Waals surface area contributed by atoms with Crippen molar-refractivity contribution in [1.82, 2.24) is 0 Å². The monoisotopic (exact) mass is 206 g/mol. The second-order valence-corrected chi connectivity index (χ2v) is 4.33. The molecule has 82 valence electrons. The van der Waals surface area contributed by atoms with Crippen LogP contribution in [0.15, 0.2) is 24.3 Å². The van der Waals surface area contributed by atoms with Crippen molar-refractivity contribution in [2.75, 3.05) is 0 Å². The van der Waals surface area contributed by atoms with Gasteiger partial charge in [-0.3, -0.25) is 0 Å². The molecule has 1 aromatic carbocycles. The van der Waals surface area contributed by atoms with E-state index in [9.17, 15) is 5.11 Å². The van der Waals surface area contributed by atoms with Crippen molar-refractivity contribution < 1.29 is 9.84 Å². The third-order valence-electron chi connectivity index (χ3n) is 3.29. The molecule has 0 spiro atoms. The Labute approximate surface area is 90.9 Å². The predicted molar refractivity (Wildman–Crippen MR) is 59.9 cm³/mol. The average molecular weight is 206 g/mol. The fraction of sp³-hybridized carbons (Fsp3) is 0.538. The summed E-state index contributed by atoms with van der Waals surface area (Å²) in [6.45, 7) is 4.33. The third kappa shape index (κ3) is 2.00. The molecule has 0 radical (unpaired) electrons. The van der Waals surface area contributed by atoms with E-state index in [2.05, 4.69) is 13.8 Å². The molecule has 1 aliphatic rings. The van der Waals surface area contributed by atoms with Crippen LogP contribution in [0.4, 0.5) is 0 Å². The molecule has 1 heterocycles. The van der Waals surface area contributed by atoms with Crippen molar-refractivity contribution in [2.45, 2.75) is 38.9 Å². The molecule has 0 amide bonds. The van der Waals surface area contributed by atoms with Crippen molar-refractivity contribution in [3.63, 3.8) is 0 Å². The molecule has 15 heavy (non-hydrogen) atoms. The van der Waals surface area contributed by atoms with Gasteiger partial charge >= 0.3 is 0 Å². The minimum Gasteiger partial charge on any atom is -0.490 e. The van der Waals surface area contributed by atoms with Gasteiger partial charge in [-0.05, 0) is 12.0 Å². The van der Waals surface area contributed by atoms with Crippen molar-refractivity contribution >= 4 is 0 Å². The van der Waals surface area contributed by atoms with Crippen molar-refractivity contribution in [3.8, 4) is 5.75 Å². The van der Waals surface area contributed by atoms with Crippen LogP contribution in [0.2, 0.25) is 0 Å². The van der Waals surface area contributed by atoms with Gasteiger partial charge in [0.15, 0.2) is 0 Å². The Morgan fingerprint density at radius 1 is 1.47 bits per heavy atom. The largest absolute Gasteiger partial charge is 0.490 e. The van der Waals surface area contributed by atoms with E-state index < -0.39 is 0 Å². The van der Waals surface area contributed by atoms with E-state index >= 15 is 0 Å². The van der Waals surface area contributed by atoms with Gasteiger partial charge in [0.05, 0.1) is 6.10 Å². The summed E-state index contributed by atoms with van der Waals surface area (Å²) in [5, 5.41) is 10.00. The summed E-state index contributed by atoms with van der Waals surface area (Å²) in [5.41, 5.74) is 0.928. The summed E-state index contributed by atoms with van der Waals surface area (Å²) in [6.07, 6.45) is 1.58. The lowest BCUT2D eigenvalue weighted by atomic mass is 9.91. The number of aliphatic hydroxyl groups is 1. The van der Waals surface area contributed by atoms with Crippen LogP contribution in [0.3, 0.4) is 0 Å². The number of benzene rings is 1. The maximum Gasteiger partial charge on any atom is 0.125 e. The number of ether oxygens (including phenoxy) is 1. The zero-order valence-electron chi connectivity index (χ0n) is 9.31. The fourth-order valence-corrected chi connectivity index (χ4v) is 2.03. The van der Waals surface area contributed by atoms with Gasteiger partial charge in [-0.15, -0.1) is 0 Å². The summed E-state index contributed by atoms with van der Waals surface area (Å²) in [4.78, 5) is 0. The number of rotatable bonds is 2.